The molecule has 1 aliphatic rings. The number of hydrogen-bond donors (Lipinski definition) is 4. The Labute approximate surface area is 236 Å². The van der Waals surface area contributed by atoms with E-state index < -0.39 is 43.4 Å². The Balaban J connectivity index is 2.42. The van der Waals surface area contributed by atoms with Crippen molar-refractivity contribution in [2.75, 3.05) is 26.4 Å². The number of aliphatic hydroxyl groups excluding tert-OH is 4. The molecule has 232 valence electrons. The Bertz CT molecular complexity index is 575. The van der Waals surface area contributed by atoms with E-state index in [-0.39, 0.29) is 19.2 Å². The fraction of sp³-hybridized carbons (Fsp3) is 0.967. The van der Waals surface area contributed by atoms with E-state index in [1.807, 2.05) is 0 Å². The van der Waals surface area contributed by atoms with E-state index in [0.717, 1.165) is 32.1 Å². The van der Waals surface area contributed by atoms with Gasteiger partial charge in [0, 0.05) is 13.0 Å². The molecule has 39 heavy (non-hydrogen) atoms. The van der Waals surface area contributed by atoms with Crippen LogP contribution in [-0.4, -0.2) is 89.6 Å². The van der Waals surface area contributed by atoms with Crippen molar-refractivity contribution in [3.8, 4) is 0 Å². The number of carbonyl (C=O) groups excluding carboxylic acids is 1. The van der Waals surface area contributed by atoms with Crippen LogP contribution in [0.4, 0.5) is 0 Å². The normalized spacial score (nSPS) is 24.1. The van der Waals surface area contributed by atoms with Crippen LogP contribution in [0.3, 0.4) is 0 Å². The van der Waals surface area contributed by atoms with E-state index in [4.69, 9.17) is 18.9 Å². The van der Waals surface area contributed by atoms with Gasteiger partial charge in [0.15, 0.2) is 6.29 Å². The monoisotopic (exact) mass is 562 g/mol. The fourth-order valence-corrected chi connectivity index (χ4v) is 4.72. The molecule has 0 saturated carbocycles. The number of rotatable bonds is 25. The summed E-state index contributed by atoms with van der Waals surface area (Å²) < 4.78 is 22.4. The van der Waals surface area contributed by atoms with E-state index in [2.05, 4.69) is 13.8 Å². The quantitative estimate of drug-likeness (QED) is 0.0943. The van der Waals surface area contributed by atoms with Crippen LogP contribution in [0.25, 0.3) is 0 Å². The van der Waals surface area contributed by atoms with Gasteiger partial charge in [0.1, 0.15) is 30.5 Å². The highest BCUT2D eigenvalue weighted by Crippen LogP contribution is 2.22. The van der Waals surface area contributed by atoms with Gasteiger partial charge >= 0.3 is 5.97 Å². The minimum absolute atomic E-state index is 0.108. The smallest absolute Gasteiger partial charge is 0.306 e. The molecule has 9 heteroatoms. The Morgan fingerprint density at radius 3 is 1.82 bits per heavy atom. The van der Waals surface area contributed by atoms with Crippen LogP contribution < -0.4 is 0 Å². The lowest BCUT2D eigenvalue weighted by molar-refractivity contribution is -0.305. The highest BCUT2D eigenvalue weighted by atomic mass is 16.7. The largest absolute Gasteiger partial charge is 0.457 e. The maximum Gasteiger partial charge on any atom is 0.306 e. The first kappa shape index (κ1) is 36.2. The van der Waals surface area contributed by atoms with E-state index in [0.29, 0.717) is 13.0 Å². The second-order valence-corrected chi connectivity index (χ2v) is 10.9. The summed E-state index contributed by atoms with van der Waals surface area (Å²) in [5, 5.41) is 39.6. The standard InChI is InChI=1S/C30H58O9/c1-3-5-7-9-11-12-13-15-17-19-26(32)38-24(22-36-20-18-16-14-10-8-6-4-2)23-37-30-29(35)28(34)27(33)25(21-31)39-30/h24-25,27-31,33-35H,3-23H2,1-2H3. The number of esters is 1. The predicted octanol–water partition coefficient (Wildman–Crippen LogP) is 4.40. The average molecular weight is 563 g/mol. The van der Waals surface area contributed by atoms with E-state index in [9.17, 15) is 25.2 Å². The summed E-state index contributed by atoms with van der Waals surface area (Å²) in [4.78, 5) is 12.5. The summed E-state index contributed by atoms with van der Waals surface area (Å²) in [5.41, 5.74) is 0. The zero-order valence-corrected chi connectivity index (χ0v) is 24.6. The number of aliphatic hydroxyl groups is 4. The van der Waals surface area contributed by atoms with Gasteiger partial charge in [-0.3, -0.25) is 4.79 Å². The van der Waals surface area contributed by atoms with Crippen LogP contribution in [0.1, 0.15) is 123 Å². The zero-order valence-electron chi connectivity index (χ0n) is 24.6. The van der Waals surface area contributed by atoms with Crippen molar-refractivity contribution in [2.24, 2.45) is 0 Å². The molecule has 1 aliphatic heterocycles. The fourth-order valence-electron chi connectivity index (χ4n) is 4.72. The molecule has 1 fully saturated rings. The second kappa shape index (κ2) is 23.9. The molecule has 0 aromatic rings. The molecule has 4 N–H and O–H groups in total. The third kappa shape index (κ3) is 16.9. The average Bonchev–Trinajstić information content (AvgIpc) is 2.93. The number of unbranched alkanes of at least 4 members (excludes halogenated alkanes) is 14. The van der Waals surface area contributed by atoms with Crippen molar-refractivity contribution in [1.29, 1.82) is 0 Å². The highest BCUT2D eigenvalue weighted by Gasteiger charge is 2.44. The van der Waals surface area contributed by atoms with Gasteiger partial charge < -0.3 is 39.4 Å². The van der Waals surface area contributed by atoms with Crippen molar-refractivity contribution in [3.05, 3.63) is 0 Å². The van der Waals surface area contributed by atoms with Gasteiger partial charge in [-0.25, -0.2) is 0 Å². The maximum absolute atomic E-state index is 12.5. The van der Waals surface area contributed by atoms with Crippen LogP contribution in [0.15, 0.2) is 0 Å². The molecule has 0 aliphatic carbocycles. The molecule has 0 aromatic carbocycles. The molecule has 1 rings (SSSR count). The number of ether oxygens (including phenoxy) is 4. The van der Waals surface area contributed by atoms with Crippen molar-refractivity contribution >= 4 is 5.97 Å². The molecular weight excluding hydrogens is 504 g/mol. The summed E-state index contributed by atoms with van der Waals surface area (Å²) in [6.45, 7) is 4.48. The van der Waals surface area contributed by atoms with E-state index >= 15 is 0 Å². The Morgan fingerprint density at radius 1 is 0.718 bits per heavy atom. The van der Waals surface area contributed by atoms with Gasteiger partial charge in [-0.2, -0.15) is 0 Å². The van der Waals surface area contributed by atoms with Crippen molar-refractivity contribution < 1.29 is 44.2 Å². The third-order valence-corrected chi connectivity index (χ3v) is 7.27. The summed E-state index contributed by atoms with van der Waals surface area (Å²) >= 11 is 0. The molecule has 1 heterocycles. The van der Waals surface area contributed by atoms with Crippen LogP contribution in [-0.2, 0) is 23.7 Å². The van der Waals surface area contributed by atoms with Gasteiger partial charge in [0.05, 0.1) is 19.8 Å². The van der Waals surface area contributed by atoms with Crippen molar-refractivity contribution in [1.82, 2.24) is 0 Å². The molecular formula is C30H58O9. The number of hydrogen-bond acceptors (Lipinski definition) is 9. The molecule has 0 amide bonds. The van der Waals surface area contributed by atoms with Crippen molar-refractivity contribution in [2.45, 2.75) is 160 Å². The Hall–Kier alpha value is -0.810. The highest BCUT2D eigenvalue weighted by molar-refractivity contribution is 5.69. The Morgan fingerprint density at radius 2 is 1.26 bits per heavy atom. The first-order valence-corrected chi connectivity index (χ1v) is 15.6. The molecule has 9 nitrogen and oxygen atoms in total. The number of carbonyl (C=O) groups is 1. The predicted molar refractivity (Wildman–Crippen MR) is 150 cm³/mol. The first-order chi connectivity index (χ1) is 18.9. The molecule has 1 saturated heterocycles. The summed E-state index contributed by atoms with van der Waals surface area (Å²) in [6, 6.07) is 0. The third-order valence-electron chi connectivity index (χ3n) is 7.27. The first-order valence-electron chi connectivity index (χ1n) is 15.6. The van der Waals surface area contributed by atoms with Crippen molar-refractivity contribution in [3.63, 3.8) is 0 Å². The lowest BCUT2D eigenvalue weighted by Gasteiger charge is -2.39. The molecule has 0 spiro atoms. The molecule has 0 aromatic heterocycles. The van der Waals surface area contributed by atoms with Gasteiger partial charge in [-0.15, -0.1) is 0 Å². The minimum atomic E-state index is -1.53. The molecule has 6 atom stereocenters. The minimum Gasteiger partial charge on any atom is -0.457 e. The van der Waals surface area contributed by atoms with Gasteiger partial charge in [-0.05, 0) is 12.8 Å². The lowest BCUT2D eigenvalue weighted by atomic mass is 9.99. The summed E-state index contributed by atoms with van der Waals surface area (Å²) in [7, 11) is 0. The van der Waals surface area contributed by atoms with E-state index in [1.54, 1.807) is 0 Å². The topological polar surface area (TPSA) is 135 Å². The van der Waals surface area contributed by atoms with Gasteiger partial charge in [0.25, 0.3) is 0 Å². The van der Waals surface area contributed by atoms with Crippen LogP contribution in [0.5, 0.6) is 0 Å². The zero-order chi connectivity index (χ0) is 28.7. The Kier molecular flexibility index (Phi) is 22.1. The van der Waals surface area contributed by atoms with Crippen LogP contribution >= 0.6 is 0 Å². The van der Waals surface area contributed by atoms with Gasteiger partial charge in [0.2, 0.25) is 0 Å². The summed E-state index contributed by atoms with van der Waals surface area (Å²) in [5.74, 6) is -0.320. The van der Waals surface area contributed by atoms with Crippen LogP contribution in [0.2, 0.25) is 0 Å². The SMILES string of the molecule is CCCCCCCCCCCC(=O)OC(COCCCCCCCCC)COC1OC(CO)C(O)C(O)C1O. The summed E-state index contributed by atoms with van der Waals surface area (Å²) in [6.07, 6.45) is 11.5. The second-order valence-electron chi connectivity index (χ2n) is 10.9. The maximum atomic E-state index is 12.5. The van der Waals surface area contributed by atoms with Crippen LogP contribution in [0, 0.1) is 0 Å². The molecule has 6 unspecified atom stereocenters. The van der Waals surface area contributed by atoms with E-state index in [1.165, 1.54) is 70.6 Å². The molecule has 0 radical (unpaired) electrons. The van der Waals surface area contributed by atoms with Gasteiger partial charge in [-0.1, -0.05) is 104 Å². The molecule has 0 bridgehead atoms. The lowest BCUT2D eigenvalue weighted by Crippen LogP contribution is -2.59.